The molecule has 2 saturated heterocycles. The van der Waals surface area contributed by atoms with Gasteiger partial charge in [0.15, 0.2) is 0 Å². The molecule has 16 heteroatoms. The van der Waals surface area contributed by atoms with E-state index in [2.05, 4.69) is 21.3 Å². The first-order valence-corrected chi connectivity index (χ1v) is 21.8. The van der Waals surface area contributed by atoms with Crippen molar-refractivity contribution in [2.75, 3.05) is 37.9 Å². The van der Waals surface area contributed by atoms with Gasteiger partial charge in [0.05, 0.1) is 25.6 Å². The minimum absolute atomic E-state index is 0.335. The number of aromatic nitrogens is 1. The predicted molar refractivity (Wildman–Crippen MR) is 246 cm³/mol. The lowest BCUT2D eigenvalue weighted by Crippen LogP contribution is -2.57. The first-order valence-electron chi connectivity index (χ1n) is 21.8. The summed E-state index contributed by atoms with van der Waals surface area (Å²) in [5.41, 5.74) is 4.46. The molecule has 6 rings (SSSR count). The van der Waals surface area contributed by atoms with E-state index in [4.69, 9.17) is 9.47 Å². The van der Waals surface area contributed by atoms with Gasteiger partial charge < -0.3 is 45.1 Å². The highest BCUT2D eigenvalue weighted by Crippen LogP contribution is 2.36. The van der Waals surface area contributed by atoms with Crippen molar-refractivity contribution < 1.29 is 42.6 Å². The van der Waals surface area contributed by atoms with Gasteiger partial charge in [-0.25, -0.2) is 14.0 Å². The second-order valence-corrected chi connectivity index (χ2v) is 18.8. The van der Waals surface area contributed by atoms with Crippen LogP contribution in [0.15, 0.2) is 78.9 Å². The number of rotatable bonds is 11. The number of hydrogen-bond donors (Lipinski definition) is 4. The van der Waals surface area contributed by atoms with Crippen LogP contribution in [0.25, 0.3) is 28.2 Å². The van der Waals surface area contributed by atoms with Crippen LogP contribution in [0, 0.1) is 23.6 Å². The van der Waals surface area contributed by atoms with Crippen LogP contribution in [-0.2, 0) is 28.7 Å². The van der Waals surface area contributed by atoms with Crippen LogP contribution in [-0.4, -0.2) is 102 Å². The smallest absolute Gasteiger partial charge is 0.407 e. The standard InChI is InChI=1S/C49H60FN7O8/c1-29-28-32(50)18-23-35(29)57-36(30-14-19-33(20-15-30)51-42(58)38-12-10-26-55(38)44(60)40(48(2,3)4)53-46(62)64-8)24-25-37(57)31-16-21-34(22-17-31)52-43(59)39-13-11-27-56(39)45(61)41(49(5,6)7)54-47(63)65-9/h14-25,28,38-41H,10-13,26-27H2,1-9H3,(H,51,58)(H,52,59)(H,53,62)(H,54,63)/t38-,39-,40+,41+/m0/s1. The molecule has 346 valence electrons. The van der Waals surface area contributed by atoms with Crippen molar-refractivity contribution >= 4 is 47.2 Å². The van der Waals surface area contributed by atoms with Crippen molar-refractivity contribution in [2.45, 2.75) is 98.3 Å². The maximum Gasteiger partial charge on any atom is 0.407 e. The number of hydrogen-bond acceptors (Lipinski definition) is 8. The molecular formula is C49H60FN7O8. The lowest BCUT2D eigenvalue weighted by molar-refractivity contribution is -0.140. The van der Waals surface area contributed by atoms with Crippen LogP contribution in [0.1, 0.15) is 72.8 Å². The normalized spacial score (nSPS) is 17.2. The molecule has 3 heterocycles. The number of amides is 6. The summed E-state index contributed by atoms with van der Waals surface area (Å²) in [7, 11) is 2.47. The molecular weight excluding hydrogens is 834 g/mol. The van der Waals surface area contributed by atoms with Crippen molar-refractivity contribution in [3.8, 4) is 28.2 Å². The second-order valence-electron chi connectivity index (χ2n) is 18.8. The van der Waals surface area contributed by atoms with Gasteiger partial charge in [-0.2, -0.15) is 0 Å². The minimum atomic E-state index is -0.897. The Morgan fingerprint density at radius 2 is 1.02 bits per heavy atom. The average Bonchev–Trinajstić information content (AvgIpc) is 4.05. The van der Waals surface area contributed by atoms with Gasteiger partial charge in [-0.15, -0.1) is 0 Å². The van der Waals surface area contributed by atoms with Crippen LogP contribution < -0.4 is 21.3 Å². The van der Waals surface area contributed by atoms with Crippen molar-refractivity contribution in [3.63, 3.8) is 0 Å². The van der Waals surface area contributed by atoms with Gasteiger partial charge in [-0.1, -0.05) is 65.8 Å². The third-order valence-corrected chi connectivity index (χ3v) is 12.0. The van der Waals surface area contributed by atoms with Crippen molar-refractivity contribution in [1.82, 2.24) is 25.0 Å². The van der Waals surface area contributed by atoms with Crippen molar-refractivity contribution in [2.24, 2.45) is 10.8 Å². The van der Waals surface area contributed by atoms with E-state index < -0.39 is 47.2 Å². The fourth-order valence-corrected chi connectivity index (χ4v) is 8.51. The fourth-order valence-electron chi connectivity index (χ4n) is 8.51. The van der Waals surface area contributed by atoms with Crippen LogP contribution in [0.3, 0.4) is 0 Å². The molecule has 1 aromatic heterocycles. The zero-order chi connectivity index (χ0) is 47.4. The number of benzene rings is 3. The topological polar surface area (TPSA) is 180 Å². The molecule has 4 atom stereocenters. The first-order chi connectivity index (χ1) is 30.7. The van der Waals surface area contributed by atoms with E-state index in [1.807, 2.05) is 89.4 Å². The molecule has 4 aromatic rings. The van der Waals surface area contributed by atoms with Crippen LogP contribution in [0.2, 0.25) is 0 Å². The number of likely N-dealkylation sites (tertiary alicyclic amines) is 2. The van der Waals surface area contributed by atoms with E-state index in [1.54, 1.807) is 30.3 Å². The lowest BCUT2D eigenvalue weighted by atomic mass is 9.85. The van der Waals surface area contributed by atoms with E-state index >= 15 is 0 Å². The van der Waals surface area contributed by atoms with Crippen molar-refractivity contribution in [1.29, 1.82) is 0 Å². The molecule has 0 unspecified atom stereocenters. The highest BCUT2D eigenvalue weighted by atomic mass is 19.1. The van der Waals surface area contributed by atoms with Gasteiger partial charge in [0, 0.05) is 30.2 Å². The molecule has 3 aromatic carbocycles. The van der Waals surface area contributed by atoms with Crippen LogP contribution >= 0.6 is 0 Å². The average molecular weight is 894 g/mol. The molecule has 2 fully saturated rings. The van der Waals surface area contributed by atoms with Gasteiger partial charge in [0.1, 0.15) is 30.0 Å². The predicted octanol–water partition coefficient (Wildman–Crippen LogP) is 7.66. The zero-order valence-electron chi connectivity index (χ0n) is 38.5. The first kappa shape index (κ1) is 47.8. The molecule has 0 spiro atoms. The summed E-state index contributed by atoms with van der Waals surface area (Å²) in [6.07, 6.45) is 0.766. The SMILES string of the molecule is COC(=O)N[C@H](C(=O)N1CCC[C@H]1C(=O)Nc1ccc(-c2ccc(-c3ccc(NC(=O)[C@@H]4CCCN4C(=O)[C@@H](NC(=O)OC)C(C)(C)C)cc3)n2-c2ccc(F)cc2C)cc1)C(C)(C)C. The Morgan fingerprint density at radius 1 is 0.615 bits per heavy atom. The molecule has 15 nitrogen and oxygen atoms in total. The summed E-state index contributed by atoms with van der Waals surface area (Å²) in [6.45, 7) is 13.6. The maximum atomic E-state index is 14.4. The van der Waals surface area contributed by atoms with E-state index in [-0.39, 0.29) is 29.4 Å². The van der Waals surface area contributed by atoms with Gasteiger partial charge in [0.2, 0.25) is 23.6 Å². The van der Waals surface area contributed by atoms with E-state index in [9.17, 15) is 33.2 Å². The molecule has 0 radical (unpaired) electrons. The Kier molecular flexibility index (Phi) is 14.4. The van der Waals surface area contributed by atoms with E-state index in [1.165, 1.54) is 36.2 Å². The summed E-state index contributed by atoms with van der Waals surface area (Å²) in [6, 6.07) is 19.9. The number of aryl methyl sites for hydroxylation is 1. The Bertz CT molecular complexity index is 2280. The molecule has 0 bridgehead atoms. The molecule has 2 aliphatic rings. The van der Waals surface area contributed by atoms with Gasteiger partial charge in [-0.05, 0) is 115 Å². The number of halogens is 1. The Hall–Kier alpha value is -6.71. The number of anilines is 2. The number of methoxy groups -OCH3 is 2. The lowest BCUT2D eigenvalue weighted by Gasteiger charge is -2.35. The monoisotopic (exact) mass is 893 g/mol. The minimum Gasteiger partial charge on any atom is -0.453 e. The summed E-state index contributed by atoms with van der Waals surface area (Å²) < 4.78 is 26.0. The largest absolute Gasteiger partial charge is 0.453 e. The highest BCUT2D eigenvalue weighted by molar-refractivity contribution is 6.00. The quantitative estimate of drug-likeness (QED) is 0.119. The van der Waals surface area contributed by atoms with Crippen molar-refractivity contribution in [3.05, 3.63) is 90.2 Å². The number of carbonyl (C=O) groups is 6. The van der Waals surface area contributed by atoms with E-state index in [0.29, 0.717) is 55.7 Å². The number of nitrogens with zero attached hydrogens (tertiary/aromatic N) is 3. The molecule has 4 N–H and O–H groups in total. The third kappa shape index (κ3) is 10.8. The Labute approximate surface area is 379 Å². The maximum absolute atomic E-state index is 14.4. The molecule has 0 saturated carbocycles. The zero-order valence-corrected chi connectivity index (χ0v) is 38.5. The number of alkyl carbamates (subject to hydrolysis) is 2. The van der Waals surface area contributed by atoms with E-state index in [0.717, 1.165) is 28.2 Å². The van der Waals surface area contributed by atoms with Crippen LogP contribution in [0.5, 0.6) is 0 Å². The molecule has 0 aliphatic carbocycles. The summed E-state index contributed by atoms with van der Waals surface area (Å²) in [5.74, 6) is -1.74. The summed E-state index contributed by atoms with van der Waals surface area (Å²) in [5, 5.41) is 11.2. The summed E-state index contributed by atoms with van der Waals surface area (Å²) in [4.78, 5) is 82.1. The molecule has 6 amide bonds. The molecule has 65 heavy (non-hydrogen) atoms. The highest BCUT2D eigenvalue weighted by Gasteiger charge is 2.43. The van der Waals surface area contributed by atoms with Gasteiger partial charge in [0.25, 0.3) is 0 Å². The summed E-state index contributed by atoms with van der Waals surface area (Å²) >= 11 is 0. The number of nitrogens with one attached hydrogen (secondary N) is 4. The number of carbonyl (C=O) groups excluding carboxylic acids is 6. The van der Waals surface area contributed by atoms with Gasteiger partial charge in [-0.3, -0.25) is 19.2 Å². The molecule has 2 aliphatic heterocycles. The fraction of sp³-hybridized carbons (Fsp3) is 0.429. The Morgan fingerprint density at radius 3 is 1.37 bits per heavy atom. The van der Waals surface area contributed by atoms with Crippen LogP contribution in [0.4, 0.5) is 25.4 Å². The Balaban J connectivity index is 1.21. The second kappa shape index (κ2) is 19.6. The van der Waals surface area contributed by atoms with Gasteiger partial charge >= 0.3 is 12.2 Å². The third-order valence-electron chi connectivity index (χ3n) is 12.0. The number of ether oxygens (including phenoxy) is 2.